The lowest BCUT2D eigenvalue weighted by molar-refractivity contribution is 0.102. The van der Waals surface area contributed by atoms with Crippen molar-refractivity contribution < 1.29 is 4.79 Å². The minimum absolute atomic E-state index is 0.230. The van der Waals surface area contributed by atoms with E-state index in [9.17, 15) is 4.79 Å². The number of hydrogen-bond donors (Lipinski definition) is 2. The van der Waals surface area contributed by atoms with Crippen molar-refractivity contribution in [3.05, 3.63) is 51.8 Å². The third-order valence-corrected chi connectivity index (χ3v) is 3.20. The molecule has 2 aromatic rings. The van der Waals surface area contributed by atoms with Gasteiger partial charge in [-0.05, 0) is 36.8 Å². The Bertz CT molecular complexity index is 624. The van der Waals surface area contributed by atoms with Crippen molar-refractivity contribution in [2.75, 3.05) is 11.1 Å². The molecule has 98 valence electrons. The molecule has 1 aromatic heterocycles. The predicted octanol–water partition coefficient (Wildman–Crippen LogP) is 3.53. The summed E-state index contributed by atoms with van der Waals surface area (Å²) in [6.45, 7) is 1.82. The molecule has 0 bridgehead atoms. The largest absolute Gasteiger partial charge is 0.399 e. The van der Waals surface area contributed by atoms with E-state index >= 15 is 0 Å². The van der Waals surface area contributed by atoms with Crippen LogP contribution in [-0.2, 0) is 0 Å². The first kappa shape index (κ1) is 13.6. The maximum Gasteiger partial charge on any atom is 0.257 e. The molecule has 2 rings (SSSR count). The zero-order valence-electron chi connectivity index (χ0n) is 10.1. The molecule has 0 aliphatic rings. The lowest BCUT2D eigenvalue weighted by Gasteiger charge is -2.10. The molecule has 1 amide bonds. The van der Waals surface area contributed by atoms with Gasteiger partial charge in [0.15, 0.2) is 5.15 Å². The SMILES string of the molecule is Cc1ccnc(Cl)c1NC(=O)c1cc(N)ccc1Cl. The zero-order chi connectivity index (χ0) is 14.0. The van der Waals surface area contributed by atoms with Crippen LogP contribution in [0, 0.1) is 6.92 Å². The van der Waals surface area contributed by atoms with Gasteiger partial charge in [0.2, 0.25) is 0 Å². The first-order valence-corrected chi connectivity index (χ1v) is 6.22. The number of aryl methyl sites for hydroxylation is 1. The summed E-state index contributed by atoms with van der Waals surface area (Å²) < 4.78 is 0. The van der Waals surface area contributed by atoms with Gasteiger partial charge in [0.25, 0.3) is 5.91 Å². The number of carbonyl (C=O) groups excluding carboxylic acids is 1. The number of pyridine rings is 1. The molecule has 3 N–H and O–H groups in total. The fourth-order valence-electron chi connectivity index (χ4n) is 1.57. The average molecular weight is 296 g/mol. The van der Waals surface area contributed by atoms with Gasteiger partial charge >= 0.3 is 0 Å². The van der Waals surface area contributed by atoms with Crippen molar-refractivity contribution in [3.8, 4) is 0 Å². The van der Waals surface area contributed by atoms with Crippen LogP contribution in [0.1, 0.15) is 15.9 Å². The van der Waals surface area contributed by atoms with Gasteiger partial charge in [0, 0.05) is 11.9 Å². The van der Waals surface area contributed by atoms with Gasteiger partial charge in [-0.15, -0.1) is 0 Å². The molecule has 0 saturated heterocycles. The second-order valence-electron chi connectivity index (χ2n) is 3.99. The van der Waals surface area contributed by atoms with Crippen LogP contribution in [0.2, 0.25) is 10.2 Å². The number of carbonyl (C=O) groups is 1. The number of rotatable bonds is 2. The molecule has 6 heteroatoms. The molecular formula is C13H11Cl2N3O. The Kier molecular flexibility index (Phi) is 3.93. The lowest BCUT2D eigenvalue weighted by atomic mass is 10.1. The van der Waals surface area contributed by atoms with Crippen LogP contribution in [0.4, 0.5) is 11.4 Å². The number of nitrogens with one attached hydrogen (secondary N) is 1. The summed E-state index contributed by atoms with van der Waals surface area (Å²) in [5, 5.41) is 3.24. The van der Waals surface area contributed by atoms with Crippen LogP contribution in [0.3, 0.4) is 0 Å². The Labute approximate surface area is 120 Å². The standard InChI is InChI=1S/C13H11Cl2N3O/c1-7-4-5-17-12(15)11(7)18-13(19)9-6-8(16)2-3-10(9)14/h2-6H,16H2,1H3,(H,18,19). The summed E-state index contributed by atoms with van der Waals surface area (Å²) in [5.74, 6) is -0.379. The maximum absolute atomic E-state index is 12.2. The molecule has 0 saturated carbocycles. The fourth-order valence-corrected chi connectivity index (χ4v) is 2.03. The highest BCUT2D eigenvalue weighted by atomic mass is 35.5. The fraction of sp³-hybridized carbons (Fsp3) is 0.0769. The molecule has 0 radical (unpaired) electrons. The van der Waals surface area contributed by atoms with Crippen molar-refractivity contribution in [2.24, 2.45) is 0 Å². The first-order valence-electron chi connectivity index (χ1n) is 5.46. The number of benzene rings is 1. The summed E-state index contributed by atoms with van der Waals surface area (Å²) in [6.07, 6.45) is 1.57. The average Bonchev–Trinajstić information content (AvgIpc) is 2.37. The number of hydrogen-bond acceptors (Lipinski definition) is 3. The van der Waals surface area contributed by atoms with Crippen LogP contribution in [0.5, 0.6) is 0 Å². The molecule has 0 fully saturated rings. The van der Waals surface area contributed by atoms with Gasteiger partial charge in [0.1, 0.15) is 0 Å². The van der Waals surface area contributed by atoms with E-state index in [1.807, 2.05) is 6.92 Å². The highest BCUT2D eigenvalue weighted by molar-refractivity contribution is 6.35. The third kappa shape index (κ3) is 2.97. The van der Waals surface area contributed by atoms with E-state index in [0.29, 0.717) is 22.0 Å². The van der Waals surface area contributed by atoms with Crippen molar-refractivity contribution in [1.29, 1.82) is 0 Å². The normalized spacial score (nSPS) is 10.3. The minimum Gasteiger partial charge on any atom is -0.399 e. The smallest absolute Gasteiger partial charge is 0.257 e. The van der Waals surface area contributed by atoms with Crippen LogP contribution < -0.4 is 11.1 Å². The Morgan fingerprint density at radius 2 is 2.05 bits per heavy atom. The third-order valence-electron chi connectivity index (χ3n) is 2.59. The van der Waals surface area contributed by atoms with E-state index in [0.717, 1.165) is 5.56 Å². The van der Waals surface area contributed by atoms with Crippen LogP contribution in [0.15, 0.2) is 30.5 Å². The Hall–Kier alpha value is -1.78. The molecule has 0 spiro atoms. The van der Waals surface area contributed by atoms with Gasteiger partial charge in [0.05, 0.1) is 16.3 Å². The van der Waals surface area contributed by atoms with Crippen molar-refractivity contribution in [3.63, 3.8) is 0 Å². The summed E-state index contributed by atoms with van der Waals surface area (Å²) in [6, 6.07) is 6.46. The molecule has 0 atom stereocenters. The number of aromatic nitrogens is 1. The van der Waals surface area contributed by atoms with Crippen LogP contribution >= 0.6 is 23.2 Å². The summed E-state index contributed by atoms with van der Waals surface area (Å²) in [5.41, 5.74) is 7.67. The minimum atomic E-state index is -0.379. The first-order chi connectivity index (χ1) is 8.99. The summed E-state index contributed by atoms with van der Waals surface area (Å²) >= 11 is 11.9. The molecule has 0 aliphatic carbocycles. The van der Waals surface area contributed by atoms with Gasteiger partial charge in [-0.2, -0.15) is 0 Å². The molecule has 19 heavy (non-hydrogen) atoms. The molecule has 1 heterocycles. The molecule has 0 unspecified atom stereocenters. The van der Waals surface area contributed by atoms with Gasteiger partial charge in [-0.25, -0.2) is 4.98 Å². The topological polar surface area (TPSA) is 68.0 Å². The van der Waals surface area contributed by atoms with Gasteiger partial charge < -0.3 is 11.1 Å². The maximum atomic E-state index is 12.2. The summed E-state index contributed by atoms with van der Waals surface area (Å²) in [4.78, 5) is 16.1. The van der Waals surface area contributed by atoms with E-state index in [1.54, 1.807) is 24.4 Å². The van der Waals surface area contributed by atoms with E-state index in [1.165, 1.54) is 6.07 Å². The molecular weight excluding hydrogens is 285 g/mol. The summed E-state index contributed by atoms with van der Waals surface area (Å²) in [7, 11) is 0. The van der Waals surface area contributed by atoms with E-state index in [-0.39, 0.29) is 11.1 Å². The second kappa shape index (κ2) is 5.47. The van der Waals surface area contributed by atoms with E-state index in [4.69, 9.17) is 28.9 Å². The molecule has 0 aliphatic heterocycles. The van der Waals surface area contributed by atoms with E-state index in [2.05, 4.69) is 10.3 Å². The van der Waals surface area contributed by atoms with Crippen LogP contribution in [0.25, 0.3) is 0 Å². The van der Waals surface area contributed by atoms with Crippen molar-refractivity contribution in [1.82, 2.24) is 4.98 Å². The number of nitrogen functional groups attached to an aromatic ring is 1. The highest BCUT2D eigenvalue weighted by Crippen LogP contribution is 2.25. The Morgan fingerprint density at radius 3 is 2.74 bits per heavy atom. The lowest BCUT2D eigenvalue weighted by Crippen LogP contribution is -2.14. The zero-order valence-corrected chi connectivity index (χ0v) is 11.6. The number of amides is 1. The highest BCUT2D eigenvalue weighted by Gasteiger charge is 2.14. The molecule has 4 nitrogen and oxygen atoms in total. The monoisotopic (exact) mass is 295 g/mol. The quantitative estimate of drug-likeness (QED) is 0.658. The predicted molar refractivity (Wildman–Crippen MR) is 77.8 cm³/mol. The number of nitrogens with two attached hydrogens (primary N) is 1. The second-order valence-corrected chi connectivity index (χ2v) is 4.75. The number of nitrogens with zero attached hydrogens (tertiary/aromatic N) is 1. The van der Waals surface area contributed by atoms with Crippen molar-refractivity contribution >= 4 is 40.5 Å². The van der Waals surface area contributed by atoms with Gasteiger partial charge in [-0.1, -0.05) is 23.2 Å². The van der Waals surface area contributed by atoms with Gasteiger partial charge in [-0.3, -0.25) is 4.79 Å². The molecule has 1 aromatic carbocycles. The Balaban J connectivity index is 2.34. The van der Waals surface area contributed by atoms with Crippen molar-refractivity contribution in [2.45, 2.75) is 6.92 Å². The Morgan fingerprint density at radius 1 is 1.32 bits per heavy atom. The number of anilines is 2. The number of halogens is 2. The van der Waals surface area contributed by atoms with E-state index < -0.39 is 0 Å². The van der Waals surface area contributed by atoms with Crippen LogP contribution in [-0.4, -0.2) is 10.9 Å².